The maximum atomic E-state index is 12.1. The van der Waals surface area contributed by atoms with Crippen LogP contribution in [-0.4, -0.2) is 14.3 Å². The van der Waals surface area contributed by atoms with Crippen LogP contribution >= 0.6 is 0 Å². The Morgan fingerprint density at radius 2 is 2.16 bits per heavy atom. The normalized spacial score (nSPS) is 10.4. The lowest BCUT2D eigenvalue weighted by Gasteiger charge is -2.10. The Morgan fingerprint density at radius 3 is 2.74 bits per heavy atom. The summed E-state index contributed by atoms with van der Waals surface area (Å²) in [5.41, 5.74) is 2.71. The monoisotopic (exact) mass is 256 g/mol. The summed E-state index contributed by atoms with van der Waals surface area (Å²) in [5, 5.41) is 13.3. The molecule has 0 aliphatic carbocycles. The molecule has 5 heteroatoms. The molecule has 2 aromatic heterocycles. The molecule has 0 unspecified atom stereocenters. The SMILES string of the molecule is CCc1cc(Cn2c(C)ccc(C#N)c2=O)n(C)n1. The van der Waals surface area contributed by atoms with Gasteiger partial charge in [0.2, 0.25) is 0 Å². The summed E-state index contributed by atoms with van der Waals surface area (Å²) in [6, 6.07) is 7.27. The fraction of sp³-hybridized carbons (Fsp3) is 0.357. The van der Waals surface area contributed by atoms with Crippen molar-refractivity contribution in [2.24, 2.45) is 7.05 Å². The van der Waals surface area contributed by atoms with Gasteiger partial charge in [0, 0.05) is 12.7 Å². The largest absolute Gasteiger partial charge is 0.306 e. The first-order valence-electron chi connectivity index (χ1n) is 6.19. The number of hydrogen-bond acceptors (Lipinski definition) is 3. The molecule has 0 spiro atoms. The summed E-state index contributed by atoms with van der Waals surface area (Å²) >= 11 is 0. The maximum absolute atomic E-state index is 12.1. The van der Waals surface area contributed by atoms with Gasteiger partial charge in [0.25, 0.3) is 5.56 Å². The second-order valence-electron chi connectivity index (χ2n) is 4.50. The smallest absolute Gasteiger partial charge is 0.269 e. The van der Waals surface area contributed by atoms with Crippen molar-refractivity contribution in [1.29, 1.82) is 5.26 Å². The molecule has 0 aromatic carbocycles. The number of pyridine rings is 1. The van der Waals surface area contributed by atoms with Crippen LogP contribution in [-0.2, 0) is 20.0 Å². The molecule has 2 heterocycles. The Bertz CT molecular complexity index is 703. The van der Waals surface area contributed by atoms with Crippen molar-refractivity contribution < 1.29 is 0 Å². The topological polar surface area (TPSA) is 63.6 Å². The van der Waals surface area contributed by atoms with Crippen LogP contribution in [0.1, 0.15) is 29.6 Å². The predicted molar refractivity (Wildman–Crippen MR) is 71.8 cm³/mol. The highest BCUT2D eigenvalue weighted by Crippen LogP contribution is 2.07. The van der Waals surface area contributed by atoms with Gasteiger partial charge in [-0.2, -0.15) is 10.4 Å². The highest BCUT2D eigenvalue weighted by molar-refractivity contribution is 5.28. The predicted octanol–water partition coefficient (Wildman–Crippen LogP) is 1.37. The van der Waals surface area contributed by atoms with Gasteiger partial charge in [0.15, 0.2) is 0 Å². The van der Waals surface area contributed by atoms with Crippen molar-refractivity contribution in [2.45, 2.75) is 26.8 Å². The number of nitrogens with zero attached hydrogens (tertiary/aromatic N) is 4. The van der Waals surface area contributed by atoms with Gasteiger partial charge in [0.1, 0.15) is 11.6 Å². The minimum absolute atomic E-state index is 0.170. The van der Waals surface area contributed by atoms with Gasteiger partial charge in [-0.3, -0.25) is 9.48 Å². The van der Waals surface area contributed by atoms with E-state index in [1.807, 2.05) is 33.0 Å². The standard InChI is InChI=1S/C14H16N4O/c1-4-12-7-13(17(3)16-12)9-18-10(2)5-6-11(8-15)14(18)19/h5-7H,4,9H2,1-3H3. The Hall–Kier alpha value is -2.35. The Labute approximate surface area is 111 Å². The van der Waals surface area contributed by atoms with E-state index < -0.39 is 0 Å². The van der Waals surface area contributed by atoms with Gasteiger partial charge in [-0.15, -0.1) is 0 Å². The summed E-state index contributed by atoms with van der Waals surface area (Å²) in [6.45, 7) is 4.34. The molecule has 5 nitrogen and oxygen atoms in total. The fourth-order valence-electron chi connectivity index (χ4n) is 2.01. The third kappa shape index (κ3) is 2.43. The van der Waals surface area contributed by atoms with Crippen LogP contribution in [0.3, 0.4) is 0 Å². The van der Waals surface area contributed by atoms with Crippen molar-refractivity contribution in [3.8, 4) is 6.07 Å². The zero-order valence-electron chi connectivity index (χ0n) is 11.3. The number of aromatic nitrogens is 3. The van der Waals surface area contributed by atoms with Crippen LogP contribution < -0.4 is 5.56 Å². The Kier molecular flexibility index (Phi) is 3.52. The first-order valence-corrected chi connectivity index (χ1v) is 6.19. The zero-order chi connectivity index (χ0) is 14.0. The average Bonchev–Trinajstić information content (AvgIpc) is 2.75. The number of hydrogen-bond donors (Lipinski definition) is 0. The molecular weight excluding hydrogens is 240 g/mol. The van der Waals surface area contributed by atoms with Crippen molar-refractivity contribution in [1.82, 2.24) is 14.3 Å². The van der Waals surface area contributed by atoms with E-state index in [0.717, 1.165) is 23.5 Å². The van der Waals surface area contributed by atoms with Crippen LogP contribution in [0.4, 0.5) is 0 Å². The summed E-state index contributed by atoms with van der Waals surface area (Å²) in [5.74, 6) is 0. The van der Waals surface area contributed by atoms with Crippen LogP contribution in [0.25, 0.3) is 0 Å². The van der Waals surface area contributed by atoms with Crippen LogP contribution in [0.2, 0.25) is 0 Å². The molecule has 0 N–H and O–H groups in total. The van der Waals surface area contributed by atoms with Crippen molar-refractivity contribution in [3.63, 3.8) is 0 Å². The number of nitriles is 1. The lowest BCUT2D eigenvalue weighted by atomic mass is 10.2. The molecule has 0 bridgehead atoms. The highest BCUT2D eigenvalue weighted by Gasteiger charge is 2.09. The fourth-order valence-corrected chi connectivity index (χ4v) is 2.01. The van der Waals surface area contributed by atoms with Gasteiger partial charge in [-0.05, 0) is 31.5 Å². The molecule has 0 radical (unpaired) electrons. The molecule has 2 aromatic rings. The van der Waals surface area contributed by atoms with Crippen molar-refractivity contribution >= 4 is 0 Å². The molecule has 0 atom stereocenters. The molecule has 0 saturated heterocycles. The summed E-state index contributed by atoms with van der Waals surface area (Å²) in [6.07, 6.45) is 0.861. The van der Waals surface area contributed by atoms with E-state index in [9.17, 15) is 4.79 Å². The summed E-state index contributed by atoms with van der Waals surface area (Å²) < 4.78 is 3.39. The lowest BCUT2D eigenvalue weighted by molar-refractivity contribution is 0.638. The second-order valence-corrected chi connectivity index (χ2v) is 4.50. The van der Waals surface area contributed by atoms with Gasteiger partial charge >= 0.3 is 0 Å². The lowest BCUT2D eigenvalue weighted by Crippen LogP contribution is -2.25. The van der Waals surface area contributed by atoms with Crippen LogP contribution in [0, 0.1) is 18.3 Å². The van der Waals surface area contributed by atoms with Gasteiger partial charge < -0.3 is 4.57 Å². The quantitative estimate of drug-likeness (QED) is 0.833. The van der Waals surface area contributed by atoms with Crippen LogP contribution in [0.15, 0.2) is 23.0 Å². The minimum atomic E-state index is -0.248. The zero-order valence-corrected chi connectivity index (χ0v) is 11.3. The van der Waals surface area contributed by atoms with Gasteiger partial charge in [-0.25, -0.2) is 0 Å². The van der Waals surface area contributed by atoms with E-state index >= 15 is 0 Å². The number of aryl methyl sites for hydroxylation is 3. The average molecular weight is 256 g/mol. The molecule has 19 heavy (non-hydrogen) atoms. The molecule has 98 valence electrons. The summed E-state index contributed by atoms with van der Waals surface area (Å²) in [7, 11) is 1.86. The Balaban J connectivity index is 2.46. The third-order valence-corrected chi connectivity index (χ3v) is 3.22. The van der Waals surface area contributed by atoms with E-state index in [2.05, 4.69) is 5.10 Å². The molecule has 0 saturated carbocycles. The van der Waals surface area contributed by atoms with Crippen molar-refractivity contribution in [2.75, 3.05) is 0 Å². The first-order chi connectivity index (χ1) is 9.06. The highest BCUT2D eigenvalue weighted by atomic mass is 16.1. The molecule has 0 amide bonds. The molecule has 0 fully saturated rings. The van der Waals surface area contributed by atoms with E-state index in [1.165, 1.54) is 0 Å². The molecule has 2 rings (SSSR count). The van der Waals surface area contributed by atoms with Crippen LogP contribution in [0.5, 0.6) is 0 Å². The molecule has 0 aliphatic heterocycles. The van der Waals surface area contributed by atoms with Crippen molar-refractivity contribution in [3.05, 3.63) is 51.2 Å². The molecule has 0 aliphatic rings. The van der Waals surface area contributed by atoms with E-state index in [-0.39, 0.29) is 11.1 Å². The first kappa shape index (κ1) is 13.1. The maximum Gasteiger partial charge on any atom is 0.269 e. The number of rotatable bonds is 3. The van der Waals surface area contributed by atoms with Gasteiger partial charge in [-0.1, -0.05) is 6.92 Å². The Morgan fingerprint density at radius 1 is 1.42 bits per heavy atom. The van der Waals surface area contributed by atoms with E-state index in [0.29, 0.717) is 6.54 Å². The van der Waals surface area contributed by atoms with E-state index in [4.69, 9.17) is 5.26 Å². The minimum Gasteiger partial charge on any atom is -0.306 e. The molecular formula is C14H16N4O. The van der Waals surface area contributed by atoms with E-state index in [1.54, 1.807) is 21.4 Å². The summed E-state index contributed by atoms with van der Waals surface area (Å²) in [4.78, 5) is 12.1. The van der Waals surface area contributed by atoms with Gasteiger partial charge in [0.05, 0.1) is 17.9 Å². The third-order valence-electron chi connectivity index (χ3n) is 3.22. The second kappa shape index (κ2) is 5.11.